The van der Waals surface area contributed by atoms with Gasteiger partial charge in [-0.1, -0.05) is 184 Å². The number of carbonyl (C=O) groups is 1. The van der Waals surface area contributed by atoms with Crippen LogP contribution in [-0.2, 0) is 27.9 Å². The molecule has 6 N–H and O–H groups in total. The number of aliphatic hydroxyl groups excluding tert-OH is 5. The minimum Gasteiger partial charge on any atom is -0.457 e. The standard InChI is InChI=1S/C53H95O12P/c1-3-5-7-9-11-13-15-17-19-21-23-24-25-26-28-30-32-34-36-38-40-42-47(54)64-46(45-63-66(60,61)65-53-51(58)49(56)48(55)50(57)52(53)59)44-62-43-41-39-37-35-33-31-29-27-22-20-18-16-14-12-10-8-6-4-2/h6,8,12,14-15,17-18,20-21,23,46,48-53,55-59H,3-5,7,9-11,13,16,19,22,24-45H2,1-2H3,(H,60,61)/b8-6-,14-12-,17-15-,20-18-,23-21-. The molecule has 6 atom stereocenters. The van der Waals surface area contributed by atoms with Gasteiger partial charge in [0.15, 0.2) is 0 Å². The molecular weight excluding hydrogens is 860 g/mol. The molecule has 1 aliphatic rings. The van der Waals surface area contributed by atoms with E-state index >= 15 is 0 Å². The molecule has 1 rings (SSSR count). The van der Waals surface area contributed by atoms with Crippen molar-refractivity contribution < 1.29 is 58.3 Å². The maximum atomic E-state index is 12.9. The van der Waals surface area contributed by atoms with Crippen LogP contribution in [0.2, 0.25) is 0 Å². The number of carbonyl (C=O) groups excluding carboxylic acids is 1. The predicted octanol–water partition coefficient (Wildman–Crippen LogP) is 11.8. The van der Waals surface area contributed by atoms with Gasteiger partial charge in [0.05, 0.1) is 13.2 Å². The molecule has 0 saturated heterocycles. The summed E-state index contributed by atoms with van der Waals surface area (Å²) in [6.45, 7) is 4.13. The Hall–Kier alpha value is -1.96. The smallest absolute Gasteiger partial charge is 0.457 e. The van der Waals surface area contributed by atoms with Crippen LogP contribution in [0.1, 0.15) is 206 Å². The van der Waals surface area contributed by atoms with Gasteiger partial charge in [0.25, 0.3) is 0 Å². The maximum absolute atomic E-state index is 12.9. The lowest BCUT2D eigenvalue weighted by molar-refractivity contribution is -0.220. The Kier molecular flexibility index (Phi) is 40.5. The fourth-order valence-corrected chi connectivity index (χ4v) is 8.73. The van der Waals surface area contributed by atoms with Gasteiger partial charge >= 0.3 is 13.8 Å². The molecule has 0 radical (unpaired) electrons. The second-order valence-corrected chi connectivity index (χ2v) is 19.4. The first-order valence-corrected chi connectivity index (χ1v) is 27.6. The van der Waals surface area contributed by atoms with Crippen LogP contribution in [-0.4, -0.2) is 98.9 Å². The van der Waals surface area contributed by atoms with Crippen LogP contribution in [0.5, 0.6) is 0 Å². The molecule has 384 valence electrons. The highest BCUT2D eigenvalue weighted by Gasteiger charge is 2.51. The van der Waals surface area contributed by atoms with E-state index in [1.54, 1.807) is 0 Å². The van der Waals surface area contributed by atoms with Crippen molar-refractivity contribution in [2.24, 2.45) is 0 Å². The number of hydrogen-bond donors (Lipinski definition) is 6. The molecule has 1 aliphatic carbocycles. The number of phosphoric acid groups is 1. The number of aliphatic hydroxyl groups is 5. The van der Waals surface area contributed by atoms with Crippen molar-refractivity contribution in [2.45, 2.75) is 249 Å². The van der Waals surface area contributed by atoms with E-state index in [-0.39, 0.29) is 13.0 Å². The summed E-state index contributed by atoms with van der Waals surface area (Å²) in [6.07, 6.45) is 42.8. The minimum absolute atomic E-state index is 0.0853. The Labute approximate surface area is 400 Å². The Balaban J connectivity index is 2.34. The highest BCUT2D eigenvalue weighted by atomic mass is 31.2. The third-order valence-electron chi connectivity index (χ3n) is 11.9. The highest BCUT2D eigenvalue weighted by Crippen LogP contribution is 2.47. The van der Waals surface area contributed by atoms with Crippen molar-refractivity contribution in [2.75, 3.05) is 19.8 Å². The van der Waals surface area contributed by atoms with Crippen molar-refractivity contribution >= 4 is 13.8 Å². The summed E-state index contributed by atoms with van der Waals surface area (Å²) in [5.41, 5.74) is 0. The van der Waals surface area contributed by atoms with Gasteiger partial charge in [-0.3, -0.25) is 13.8 Å². The summed E-state index contributed by atoms with van der Waals surface area (Å²) in [5, 5.41) is 50.3. The fourth-order valence-electron chi connectivity index (χ4n) is 7.75. The molecule has 0 heterocycles. The van der Waals surface area contributed by atoms with E-state index in [1.165, 1.54) is 96.3 Å². The van der Waals surface area contributed by atoms with Gasteiger partial charge in [-0.2, -0.15) is 0 Å². The number of esters is 1. The summed E-state index contributed by atoms with van der Waals surface area (Å²) in [4.78, 5) is 23.3. The quantitative estimate of drug-likeness (QED) is 0.0147. The highest BCUT2D eigenvalue weighted by molar-refractivity contribution is 7.47. The Morgan fingerprint density at radius 2 is 0.894 bits per heavy atom. The van der Waals surface area contributed by atoms with Gasteiger partial charge in [0.2, 0.25) is 0 Å². The van der Waals surface area contributed by atoms with Crippen molar-refractivity contribution in [3.8, 4) is 0 Å². The molecule has 0 aromatic rings. The molecule has 1 fully saturated rings. The van der Waals surface area contributed by atoms with Crippen molar-refractivity contribution in [1.82, 2.24) is 0 Å². The zero-order chi connectivity index (χ0) is 48.4. The van der Waals surface area contributed by atoms with Crippen LogP contribution in [0.3, 0.4) is 0 Å². The van der Waals surface area contributed by atoms with E-state index in [1.807, 2.05) is 0 Å². The average Bonchev–Trinajstić information content (AvgIpc) is 3.30. The summed E-state index contributed by atoms with van der Waals surface area (Å²) >= 11 is 0. The number of ether oxygens (including phenoxy) is 2. The molecule has 13 heteroatoms. The lowest BCUT2D eigenvalue weighted by atomic mass is 9.85. The monoisotopic (exact) mass is 955 g/mol. The number of hydrogen-bond acceptors (Lipinski definition) is 11. The topological polar surface area (TPSA) is 192 Å². The summed E-state index contributed by atoms with van der Waals surface area (Å²) in [6, 6.07) is 0. The van der Waals surface area contributed by atoms with E-state index in [2.05, 4.69) is 74.6 Å². The fraction of sp³-hybridized carbons (Fsp3) is 0.792. The lowest BCUT2D eigenvalue weighted by Crippen LogP contribution is -2.64. The van der Waals surface area contributed by atoms with Gasteiger partial charge in [0.1, 0.15) is 42.7 Å². The summed E-state index contributed by atoms with van der Waals surface area (Å²) < 4.78 is 34.3. The number of rotatable bonds is 44. The first-order chi connectivity index (χ1) is 32.0. The largest absolute Gasteiger partial charge is 0.472 e. The molecule has 66 heavy (non-hydrogen) atoms. The van der Waals surface area contributed by atoms with Crippen LogP contribution in [0, 0.1) is 0 Å². The first kappa shape index (κ1) is 62.1. The molecule has 1 saturated carbocycles. The Bertz CT molecular complexity index is 1320. The van der Waals surface area contributed by atoms with Crippen LogP contribution < -0.4 is 0 Å². The van der Waals surface area contributed by atoms with Crippen LogP contribution in [0.15, 0.2) is 60.8 Å². The Morgan fingerprint density at radius 3 is 1.36 bits per heavy atom. The molecule has 0 aliphatic heterocycles. The van der Waals surface area contributed by atoms with E-state index in [9.17, 15) is 39.8 Å². The normalized spacial score (nSPS) is 21.9. The van der Waals surface area contributed by atoms with Gasteiger partial charge in [-0.05, 0) is 77.0 Å². The van der Waals surface area contributed by atoms with Gasteiger partial charge in [-0.15, -0.1) is 0 Å². The molecule has 0 aromatic carbocycles. The number of allylic oxidation sites excluding steroid dienone is 10. The van der Waals surface area contributed by atoms with Crippen LogP contribution >= 0.6 is 7.82 Å². The van der Waals surface area contributed by atoms with Gasteiger partial charge in [-0.25, -0.2) is 4.57 Å². The number of phosphoric ester groups is 1. The molecule has 12 nitrogen and oxygen atoms in total. The van der Waals surface area contributed by atoms with Crippen molar-refractivity contribution in [3.05, 3.63) is 60.8 Å². The summed E-state index contributed by atoms with van der Waals surface area (Å²) in [5.74, 6) is -0.485. The maximum Gasteiger partial charge on any atom is 0.472 e. The van der Waals surface area contributed by atoms with E-state index in [0.29, 0.717) is 13.0 Å². The lowest BCUT2D eigenvalue weighted by Gasteiger charge is -2.41. The molecule has 0 aromatic heterocycles. The van der Waals surface area contributed by atoms with E-state index < -0.39 is 63.1 Å². The second kappa shape index (κ2) is 43.1. The summed E-state index contributed by atoms with van der Waals surface area (Å²) in [7, 11) is -5.03. The molecule has 0 bridgehead atoms. The minimum atomic E-state index is -5.03. The van der Waals surface area contributed by atoms with Crippen LogP contribution in [0.25, 0.3) is 0 Å². The third-order valence-corrected chi connectivity index (χ3v) is 12.9. The van der Waals surface area contributed by atoms with E-state index in [4.69, 9.17) is 18.5 Å². The molecule has 0 amide bonds. The number of unbranched alkanes of at least 4 members (excludes halogenated alkanes) is 22. The third kappa shape index (κ3) is 34.3. The average molecular weight is 955 g/mol. The molecule has 0 spiro atoms. The zero-order valence-electron chi connectivity index (χ0n) is 41.2. The van der Waals surface area contributed by atoms with Crippen molar-refractivity contribution in [1.29, 1.82) is 0 Å². The Morgan fingerprint density at radius 1 is 0.500 bits per heavy atom. The predicted molar refractivity (Wildman–Crippen MR) is 267 cm³/mol. The van der Waals surface area contributed by atoms with Crippen LogP contribution in [0.4, 0.5) is 0 Å². The SMILES string of the molecule is CC/C=C\C/C=C\C/C=C\CCCCCCCCCCOCC(COP(=O)(O)OC1C(O)C(O)C(O)C(O)C1O)OC(=O)CCCCCCCCCCC/C=C\C/C=C\CCCCCCC. The van der Waals surface area contributed by atoms with Crippen molar-refractivity contribution in [3.63, 3.8) is 0 Å². The first-order valence-electron chi connectivity index (χ1n) is 26.1. The molecular formula is C53H95O12P. The zero-order valence-corrected chi connectivity index (χ0v) is 42.1. The second-order valence-electron chi connectivity index (χ2n) is 18.0. The van der Waals surface area contributed by atoms with Gasteiger partial charge < -0.3 is 39.9 Å². The van der Waals surface area contributed by atoms with E-state index in [0.717, 1.165) is 83.5 Å². The molecule has 6 unspecified atom stereocenters. The van der Waals surface area contributed by atoms with Gasteiger partial charge in [0, 0.05) is 13.0 Å².